The van der Waals surface area contributed by atoms with Crippen molar-refractivity contribution in [2.45, 2.75) is 31.5 Å². The standard InChI is InChI=1S/C7H10F6O/c8-4-2-1-3-6(10,11)14-7(12,13)5-9/h1-5H2. The Morgan fingerprint density at radius 1 is 0.857 bits per heavy atom. The minimum atomic E-state index is -4.49. The SMILES string of the molecule is FCCCCC(F)(F)OC(F)(F)CF. The zero-order valence-corrected chi connectivity index (χ0v) is 7.21. The molecule has 0 N–H and O–H groups in total. The third-order valence-electron chi connectivity index (χ3n) is 1.31. The zero-order chi connectivity index (χ0) is 11.2. The summed E-state index contributed by atoms with van der Waals surface area (Å²) in [4.78, 5) is 0. The highest BCUT2D eigenvalue weighted by Gasteiger charge is 2.43. The summed E-state index contributed by atoms with van der Waals surface area (Å²) in [6.07, 6.45) is -10.1. The quantitative estimate of drug-likeness (QED) is 0.476. The molecule has 0 rings (SSSR count). The van der Waals surface area contributed by atoms with E-state index in [0.29, 0.717) is 0 Å². The number of hydrogen-bond donors (Lipinski definition) is 0. The van der Waals surface area contributed by atoms with E-state index in [0.717, 1.165) is 0 Å². The molecule has 7 heteroatoms. The van der Waals surface area contributed by atoms with Crippen molar-refractivity contribution in [3.05, 3.63) is 0 Å². The lowest BCUT2D eigenvalue weighted by atomic mass is 10.2. The van der Waals surface area contributed by atoms with E-state index in [1.54, 1.807) is 0 Å². The first-order valence-electron chi connectivity index (χ1n) is 3.91. The second kappa shape index (κ2) is 5.43. The van der Waals surface area contributed by atoms with Crippen LogP contribution in [0.2, 0.25) is 0 Å². The van der Waals surface area contributed by atoms with Crippen molar-refractivity contribution in [2.75, 3.05) is 13.3 Å². The van der Waals surface area contributed by atoms with Crippen LogP contribution in [0.3, 0.4) is 0 Å². The summed E-state index contributed by atoms with van der Waals surface area (Å²) >= 11 is 0. The Balaban J connectivity index is 3.93. The van der Waals surface area contributed by atoms with Crippen LogP contribution < -0.4 is 0 Å². The predicted octanol–water partition coefficient (Wildman–Crippen LogP) is 3.30. The van der Waals surface area contributed by atoms with Gasteiger partial charge in [-0.2, -0.15) is 17.6 Å². The number of halogens is 6. The first kappa shape index (κ1) is 13.5. The van der Waals surface area contributed by atoms with Crippen molar-refractivity contribution in [1.82, 2.24) is 0 Å². The van der Waals surface area contributed by atoms with Crippen molar-refractivity contribution in [3.8, 4) is 0 Å². The Bertz CT molecular complexity index is 160. The first-order chi connectivity index (χ1) is 6.33. The number of ether oxygens (including phenoxy) is 1. The molecule has 0 bridgehead atoms. The molecule has 0 spiro atoms. The van der Waals surface area contributed by atoms with E-state index < -0.39 is 32.0 Å². The lowest BCUT2D eigenvalue weighted by molar-refractivity contribution is -0.379. The molecule has 0 fully saturated rings. The molecule has 0 heterocycles. The van der Waals surface area contributed by atoms with E-state index >= 15 is 0 Å². The highest BCUT2D eigenvalue weighted by atomic mass is 19.3. The normalized spacial score (nSPS) is 13.3. The van der Waals surface area contributed by atoms with Gasteiger partial charge in [0.1, 0.15) is 0 Å². The largest absolute Gasteiger partial charge is 0.388 e. The van der Waals surface area contributed by atoms with E-state index in [9.17, 15) is 26.3 Å². The fourth-order valence-electron chi connectivity index (χ4n) is 0.722. The Labute approximate surface area is 77.0 Å². The van der Waals surface area contributed by atoms with Crippen LogP contribution in [0.25, 0.3) is 0 Å². The second-order valence-electron chi connectivity index (χ2n) is 2.66. The van der Waals surface area contributed by atoms with Gasteiger partial charge >= 0.3 is 12.2 Å². The summed E-state index contributed by atoms with van der Waals surface area (Å²) < 4.78 is 74.7. The maximum Gasteiger partial charge on any atom is 0.388 e. The average Bonchev–Trinajstić information content (AvgIpc) is 2.03. The van der Waals surface area contributed by atoms with Gasteiger partial charge in [-0.15, -0.1) is 0 Å². The van der Waals surface area contributed by atoms with Gasteiger partial charge in [0.15, 0.2) is 6.67 Å². The second-order valence-corrected chi connectivity index (χ2v) is 2.66. The molecule has 0 aliphatic heterocycles. The van der Waals surface area contributed by atoms with E-state index in [1.807, 2.05) is 0 Å². The summed E-state index contributed by atoms with van der Waals surface area (Å²) in [5.74, 6) is 0. The van der Waals surface area contributed by atoms with Crippen LogP contribution in [0, 0.1) is 0 Å². The van der Waals surface area contributed by atoms with E-state index in [1.165, 1.54) is 0 Å². The summed E-state index contributed by atoms with van der Waals surface area (Å²) in [7, 11) is 0. The lowest BCUT2D eigenvalue weighted by Gasteiger charge is -2.21. The van der Waals surface area contributed by atoms with Gasteiger partial charge in [-0.3, -0.25) is 9.13 Å². The molecule has 14 heavy (non-hydrogen) atoms. The van der Waals surface area contributed by atoms with Crippen LogP contribution in [0.4, 0.5) is 26.3 Å². The van der Waals surface area contributed by atoms with Gasteiger partial charge in [-0.05, 0) is 12.8 Å². The molecular weight excluding hydrogens is 214 g/mol. The van der Waals surface area contributed by atoms with E-state index in [2.05, 4.69) is 4.74 Å². The highest BCUT2D eigenvalue weighted by Crippen LogP contribution is 2.31. The minimum Gasteiger partial charge on any atom is -0.253 e. The number of rotatable bonds is 7. The highest BCUT2D eigenvalue weighted by molar-refractivity contribution is 4.59. The Morgan fingerprint density at radius 3 is 1.86 bits per heavy atom. The number of hydrogen-bond acceptors (Lipinski definition) is 1. The summed E-state index contributed by atoms with van der Waals surface area (Å²) in [5, 5.41) is 0. The van der Waals surface area contributed by atoms with Gasteiger partial charge in [0.2, 0.25) is 0 Å². The molecule has 0 radical (unpaired) electrons. The summed E-state index contributed by atoms with van der Waals surface area (Å²) in [6, 6.07) is 0. The summed E-state index contributed by atoms with van der Waals surface area (Å²) in [6.45, 7) is -3.12. The van der Waals surface area contributed by atoms with Gasteiger partial charge in [-0.1, -0.05) is 0 Å². The summed E-state index contributed by atoms with van der Waals surface area (Å²) in [5.41, 5.74) is 0. The average molecular weight is 224 g/mol. The molecule has 0 amide bonds. The predicted molar refractivity (Wildman–Crippen MR) is 36.8 cm³/mol. The van der Waals surface area contributed by atoms with Gasteiger partial charge in [-0.25, -0.2) is 4.39 Å². The van der Waals surface area contributed by atoms with Crippen LogP contribution in [-0.4, -0.2) is 25.6 Å². The lowest BCUT2D eigenvalue weighted by Crippen LogP contribution is -2.34. The van der Waals surface area contributed by atoms with Gasteiger partial charge < -0.3 is 0 Å². The van der Waals surface area contributed by atoms with Gasteiger partial charge in [0, 0.05) is 6.42 Å². The van der Waals surface area contributed by atoms with Gasteiger partial charge in [0.05, 0.1) is 6.67 Å². The van der Waals surface area contributed by atoms with Crippen molar-refractivity contribution in [1.29, 1.82) is 0 Å². The molecule has 0 unspecified atom stereocenters. The molecule has 86 valence electrons. The molecule has 0 aromatic carbocycles. The van der Waals surface area contributed by atoms with Crippen LogP contribution in [0.15, 0.2) is 0 Å². The minimum absolute atomic E-state index is 0.167. The van der Waals surface area contributed by atoms with Crippen molar-refractivity contribution in [2.24, 2.45) is 0 Å². The number of unbranched alkanes of at least 4 members (excludes halogenated alkanes) is 1. The molecule has 1 nitrogen and oxygen atoms in total. The fourth-order valence-corrected chi connectivity index (χ4v) is 0.722. The van der Waals surface area contributed by atoms with Crippen molar-refractivity contribution < 1.29 is 31.1 Å². The fraction of sp³-hybridized carbons (Fsp3) is 1.00. The Hall–Kier alpha value is -0.460. The van der Waals surface area contributed by atoms with Crippen LogP contribution in [0.5, 0.6) is 0 Å². The molecule has 0 saturated heterocycles. The molecule has 0 aliphatic rings. The third-order valence-corrected chi connectivity index (χ3v) is 1.31. The topological polar surface area (TPSA) is 9.23 Å². The molecular formula is C7H10F6O. The number of alkyl halides is 6. The van der Waals surface area contributed by atoms with Crippen molar-refractivity contribution in [3.63, 3.8) is 0 Å². The van der Waals surface area contributed by atoms with Crippen LogP contribution in [0.1, 0.15) is 19.3 Å². The van der Waals surface area contributed by atoms with Crippen molar-refractivity contribution >= 4 is 0 Å². The maximum absolute atomic E-state index is 12.4. The smallest absolute Gasteiger partial charge is 0.253 e. The Morgan fingerprint density at radius 2 is 1.43 bits per heavy atom. The molecule has 0 aromatic rings. The van der Waals surface area contributed by atoms with Gasteiger partial charge in [0.25, 0.3) is 0 Å². The van der Waals surface area contributed by atoms with Crippen LogP contribution in [-0.2, 0) is 4.74 Å². The molecule has 0 atom stereocenters. The van der Waals surface area contributed by atoms with E-state index in [4.69, 9.17) is 0 Å². The monoisotopic (exact) mass is 224 g/mol. The van der Waals surface area contributed by atoms with E-state index in [-0.39, 0.29) is 12.8 Å². The Kier molecular flexibility index (Phi) is 5.25. The first-order valence-corrected chi connectivity index (χ1v) is 3.91. The molecule has 0 saturated carbocycles. The maximum atomic E-state index is 12.4. The zero-order valence-electron chi connectivity index (χ0n) is 7.21. The molecule has 0 aromatic heterocycles. The molecule has 0 aliphatic carbocycles. The van der Waals surface area contributed by atoms with Crippen LogP contribution >= 0.6 is 0 Å². The third kappa shape index (κ3) is 6.06.